The largest absolute Gasteiger partial charge is 0.478 e. The molecule has 0 bridgehead atoms. The second-order valence-corrected chi connectivity index (χ2v) is 3.54. The average molecular weight is 200 g/mol. The van der Waals surface area contributed by atoms with Crippen LogP contribution in [-0.4, -0.2) is 40.8 Å². The van der Waals surface area contributed by atoms with Crippen LogP contribution in [0.4, 0.5) is 0 Å². The third-order valence-electron chi connectivity index (χ3n) is 2.47. The second kappa shape index (κ2) is 3.34. The number of hydrogen-bond acceptors (Lipinski definition) is 4. The number of rotatable bonds is 1. The fourth-order valence-corrected chi connectivity index (χ4v) is 1.84. The average Bonchev–Trinajstić information content (AvgIpc) is 2.45. The highest BCUT2D eigenvalue weighted by molar-refractivity contribution is 5.87. The van der Waals surface area contributed by atoms with Crippen LogP contribution < -0.4 is 0 Å². The molecule has 14 heavy (non-hydrogen) atoms. The molecule has 1 aliphatic heterocycles. The van der Waals surface area contributed by atoms with Crippen LogP contribution in [0, 0.1) is 0 Å². The van der Waals surface area contributed by atoms with Crippen molar-refractivity contribution in [1.29, 1.82) is 0 Å². The molecule has 1 fully saturated rings. The molecular formula is C9H12O5. The van der Waals surface area contributed by atoms with Crippen molar-refractivity contribution in [2.24, 2.45) is 0 Å². The zero-order valence-electron chi connectivity index (χ0n) is 7.71. The van der Waals surface area contributed by atoms with Crippen molar-refractivity contribution >= 4 is 5.97 Å². The molecule has 1 heterocycles. The first-order chi connectivity index (χ1) is 6.58. The maximum atomic E-state index is 10.7. The lowest BCUT2D eigenvalue weighted by Crippen LogP contribution is -2.38. The number of ether oxygens (including phenoxy) is 2. The summed E-state index contributed by atoms with van der Waals surface area (Å²) in [5.74, 6) is -1.01. The smallest absolute Gasteiger partial charge is 0.331 e. The maximum Gasteiger partial charge on any atom is 0.331 e. The fraction of sp³-hybridized carbons (Fsp3) is 0.667. The Bertz CT molecular complexity index is 285. The Morgan fingerprint density at radius 2 is 2.29 bits per heavy atom. The van der Waals surface area contributed by atoms with Crippen molar-refractivity contribution in [3.05, 3.63) is 11.6 Å². The molecule has 78 valence electrons. The summed E-state index contributed by atoms with van der Waals surface area (Å²) in [7, 11) is 0. The van der Waals surface area contributed by atoms with Crippen molar-refractivity contribution in [2.75, 3.05) is 0 Å². The molecule has 0 amide bonds. The first kappa shape index (κ1) is 9.64. The standard InChI is InChI=1S/C9H12O5/c1-4-13-7-3-5(9(11)12)2-6(10)8(7)14-4/h3-4,6-8,10H,2H2,1H3,(H,11,12)/t4-,6+,7-,8+/m1/s1. The molecule has 0 radical (unpaired) electrons. The van der Waals surface area contributed by atoms with Crippen LogP contribution in [0.25, 0.3) is 0 Å². The molecule has 1 aliphatic carbocycles. The van der Waals surface area contributed by atoms with Crippen molar-refractivity contribution in [3.8, 4) is 0 Å². The number of fused-ring (bicyclic) bond motifs is 1. The molecule has 2 N–H and O–H groups in total. The summed E-state index contributed by atoms with van der Waals surface area (Å²) in [6.45, 7) is 1.72. The maximum absolute atomic E-state index is 10.7. The predicted octanol–water partition coefficient (Wildman–Crippen LogP) is -0.108. The third-order valence-corrected chi connectivity index (χ3v) is 2.47. The van der Waals surface area contributed by atoms with Crippen molar-refractivity contribution in [3.63, 3.8) is 0 Å². The van der Waals surface area contributed by atoms with Gasteiger partial charge in [0, 0.05) is 12.0 Å². The molecule has 5 heteroatoms. The van der Waals surface area contributed by atoms with E-state index in [2.05, 4.69) is 0 Å². The molecule has 2 aliphatic rings. The normalized spacial score (nSPS) is 41.7. The molecule has 0 aromatic rings. The molecule has 1 saturated heterocycles. The molecule has 5 nitrogen and oxygen atoms in total. The molecule has 0 aromatic carbocycles. The van der Waals surface area contributed by atoms with Crippen molar-refractivity contribution in [1.82, 2.24) is 0 Å². The van der Waals surface area contributed by atoms with Gasteiger partial charge in [0.1, 0.15) is 12.2 Å². The Morgan fingerprint density at radius 1 is 1.57 bits per heavy atom. The first-order valence-electron chi connectivity index (χ1n) is 4.51. The number of hydrogen-bond donors (Lipinski definition) is 2. The summed E-state index contributed by atoms with van der Waals surface area (Å²) in [6, 6.07) is 0. The summed E-state index contributed by atoms with van der Waals surface area (Å²) in [4.78, 5) is 10.7. The fourth-order valence-electron chi connectivity index (χ4n) is 1.84. The van der Waals surface area contributed by atoms with Gasteiger partial charge in [0.2, 0.25) is 0 Å². The van der Waals surface area contributed by atoms with Crippen LogP contribution >= 0.6 is 0 Å². The third kappa shape index (κ3) is 1.54. The number of carboxylic acids is 1. The summed E-state index contributed by atoms with van der Waals surface area (Å²) < 4.78 is 10.6. The van der Waals surface area contributed by atoms with E-state index in [1.54, 1.807) is 6.92 Å². The lowest BCUT2D eigenvalue weighted by atomic mass is 9.92. The van der Waals surface area contributed by atoms with Gasteiger partial charge in [-0.15, -0.1) is 0 Å². The van der Waals surface area contributed by atoms with E-state index in [-0.39, 0.29) is 18.3 Å². The minimum atomic E-state index is -1.01. The van der Waals surface area contributed by atoms with Crippen molar-refractivity contribution in [2.45, 2.75) is 37.9 Å². The number of aliphatic carboxylic acids is 1. The minimum absolute atomic E-state index is 0.118. The Morgan fingerprint density at radius 3 is 2.93 bits per heavy atom. The van der Waals surface area contributed by atoms with E-state index in [1.807, 2.05) is 0 Å². The number of carboxylic acid groups (broad SMARTS) is 1. The van der Waals surface area contributed by atoms with Gasteiger partial charge in [-0.1, -0.05) is 0 Å². The van der Waals surface area contributed by atoms with Gasteiger partial charge in [-0.3, -0.25) is 0 Å². The van der Waals surface area contributed by atoms with E-state index >= 15 is 0 Å². The van der Waals surface area contributed by atoms with Gasteiger partial charge in [-0.2, -0.15) is 0 Å². The summed E-state index contributed by atoms with van der Waals surface area (Å²) in [6.07, 6.45) is -0.395. The van der Waals surface area contributed by atoms with Crippen LogP contribution in [-0.2, 0) is 14.3 Å². The first-order valence-corrected chi connectivity index (χ1v) is 4.51. The van der Waals surface area contributed by atoms with Crippen LogP contribution in [0.1, 0.15) is 13.3 Å². The van der Waals surface area contributed by atoms with Gasteiger partial charge in [-0.25, -0.2) is 4.79 Å². The molecule has 0 spiro atoms. The highest BCUT2D eigenvalue weighted by atomic mass is 16.7. The SMILES string of the molecule is C[C@H]1O[C@H]2[C@@H](O)CC(C(=O)O)=C[C@H]2O1. The van der Waals surface area contributed by atoms with Crippen LogP contribution in [0.15, 0.2) is 11.6 Å². The number of aliphatic hydroxyl groups excluding tert-OH is 1. The Balaban J connectivity index is 2.21. The van der Waals surface area contributed by atoms with Crippen LogP contribution in [0.3, 0.4) is 0 Å². The van der Waals surface area contributed by atoms with Gasteiger partial charge >= 0.3 is 5.97 Å². The highest BCUT2D eigenvalue weighted by Crippen LogP contribution is 2.30. The molecule has 0 aromatic heterocycles. The van der Waals surface area contributed by atoms with E-state index in [9.17, 15) is 9.90 Å². The van der Waals surface area contributed by atoms with Gasteiger partial charge in [0.05, 0.1) is 6.10 Å². The Labute approximate surface area is 80.9 Å². The van der Waals surface area contributed by atoms with E-state index in [4.69, 9.17) is 14.6 Å². The van der Waals surface area contributed by atoms with E-state index in [0.29, 0.717) is 0 Å². The van der Waals surface area contributed by atoms with Crippen molar-refractivity contribution < 1.29 is 24.5 Å². The number of aliphatic hydroxyl groups is 1. The lowest BCUT2D eigenvalue weighted by Gasteiger charge is -2.25. The molecule has 0 unspecified atom stereocenters. The zero-order valence-corrected chi connectivity index (χ0v) is 7.71. The summed E-state index contributed by atoms with van der Waals surface area (Å²) >= 11 is 0. The highest BCUT2D eigenvalue weighted by Gasteiger charge is 2.41. The van der Waals surface area contributed by atoms with Gasteiger partial charge in [0.15, 0.2) is 6.29 Å². The zero-order chi connectivity index (χ0) is 10.3. The van der Waals surface area contributed by atoms with Crippen LogP contribution in [0.2, 0.25) is 0 Å². The van der Waals surface area contributed by atoms with E-state index in [0.717, 1.165) is 0 Å². The monoisotopic (exact) mass is 200 g/mol. The van der Waals surface area contributed by atoms with Gasteiger partial charge in [0.25, 0.3) is 0 Å². The second-order valence-electron chi connectivity index (χ2n) is 3.54. The number of carbonyl (C=O) groups is 1. The Kier molecular flexibility index (Phi) is 2.30. The van der Waals surface area contributed by atoms with Gasteiger partial charge in [-0.05, 0) is 13.0 Å². The predicted molar refractivity (Wildman–Crippen MR) is 45.6 cm³/mol. The topological polar surface area (TPSA) is 76.0 Å². The minimum Gasteiger partial charge on any atom is -0.478 e. The lowest BCUT2D eigenvalue weighted by molar-refractivity contribution is -0.133. The van der Waals surface area contributed by atoms with Crippen LogP contribution in [0.5, 0.6) is 0 Å². The van der Waals surface area contributed by atoms with E-state index < -0.39 is 24.3 Å². The summed E-state index contributed by atoms with van der Waals surface area (Å²) in [5, 5.41) is 18.4. The quantitative estimate of drug-likeness (QED) is 0.617. The molecule has 4 atom stereocenters. The van der Waals surface area contributed by atoms with E-state index in [1.165, 1.54) is 6.08 Å². The Hall–Kier alpha value is -0.910. The molecule has 0 saturated carbocycles. The summed E-state index contributed by atoms with van der Waals surface area (Å²) in [5.41, 5.74) is 0.191. The molecular weight excluding hydrogens is 188 g/mol. The molecule has 2 rings (SSSR count). The van der Waals surface area contributed by atoms with Gasteiger partial charge < -0.3 is 19.7 Å².